The average molecular weight is 303 g/mol. The Kier molecular flexibility index (Phi) is 7.69. The molecule has 1 saturated heterocycles. The van der Waals surface area contributed by atoms with Crippen LogP contribution in [0.1, 0.15) is 0 Å². The first-order valence-corrected chi connectivity index (χ1v) is 6.53. The highest BCUT2D eigenvalue weighted by atomic mass is 35.5. The first-order valence-electron chi connectivity index (χ1n) is 6.53. The van der Waals surface area contributed by atoms with Gasteiger partial charge in [0.05, 0.1) is 20.3 Å². The summed E-state index contributed by atoms with van der Waals surface area (Å²) in [5.74, 6) is 1.53. The van der Waals surface area contributed by atoms with Crippen molar-refractivity contribution < 1.29 is 31.7 Å². The predicted molar refractivity (Wildman–Crippen MR) is 71.8 cm³/mol. The van der Waals surface area contributed by atoms with E-state index in [9.17, 15) is 5.11 Å². The highest BCUT2D eigenvalue weighted by Crippen LogP contribution is 2.17. The van der Waals surface area contributed by atoms with Crippen molar-refractivity contribution in [3.05, 3.63) is 24.3 Å². The molecule has 1 aromatic carbocycles. The highest BCUT2D eigenvalue weighted by Gasteiger charge is 2.15. The molecule has 0 aliphatic carbocycles. The minimum Gasteiger partial charge on any atom is -1.00 e. The SMILES string of the molecule is COc1ccc(OCC(O)CN2CCOCC2)cc1.[Cl-]. The van der Waals surface area contributed by atoms with Crippen LogP contribution in [-0.2, 0) is 4.74 Å². The number of morpholine rings is 1. The zero-order valence-electron chi connectivity index (χ0n) is 11.6. The molecule has 1 unspecified atom stereocenters. The van der Waals surface area contributed by atoms with Crippen molar-refractivity contribution in [2.45, 2.75) is 6.10 Å². The molecule has 1 aliphatic rings. The smallest absolute Gasteiger partial charge is 0.119 e. The van der Waals surface area contributed by atoms with Gasteiger partial charge in [-0.2, -0.15) is 0 Å². The van der Waals surface area contributed by atoms with E-state index in [1.807, 2.05) is 24.3 Å². The van der Waals surface area contributed by atoms with Gasteiger partial charge in [-0.15, -0.1) is 0 Å². The fraction of sp³-hybridized carbons (Fsp3) is 0.571. The molecule has 0 amide bonds. The normalized spacial score (nSPS) is 17.1. The first kappa shape index (κ1) is 17.0. The molecular weight excluding hydrogens is 282 g/mol. The van der Waals surface area contributed by atoms with E-state index in [0.717, 1.165) is 37.8 Å². The summed E-state index contributed by atoms with van der Waals surface area (Å²) in [5.41, 5.74) is 0. The molecule has 20 heavy (non-hydrogen) atoms. The summed E-state index contributed by atoms with van der Waals surface area (Å²) in [4.78, 5) is 2.19. The van der Waals surface area contributed by atoms with E-state index in [0.29, 0.717) is 13.2 Å². The van der Waals surface area contributed by atoms with Gasteiger partial charge in [-0.3, -0.25) is 4.90 Å². The number of aliphatic hydroxyl groups excluding tert-OH is 1. The summed E-state index contributed by atoms with van der Waals surface area (Å²) in [6.45, 7) is 4.15. The Hall–Kier alpha value is -1.01. The standard InChI is InChI=1S/C14H21NO4.ClH/c1-17-13-2-4-14(5-3-13)19-11-12(16)10-15-6-8-18-9-7-15;/h2-5,12,16H,6-11H2,1H3;1H/p-1. The van der Waals surface area contributed by atoms with Gasteiger partial charge in [-0.25, -0.2) is 0 Å². The predicted octanol–water partition coefficient (Wildman–Crippen LogP) is -2.23. The van der Waals surface area contributed by atoms with Gasteiger partial charge >= 0.3 is 0 Å². The molecule has 1 aliphatic heterocycles. The fourth-order valence-electron chi connectivity index (χ4n) is 2.00. The van der Waals surface area contributed by atoms with Crippen molar-refractivity contribution in [3.63, 3.8) is 0 Å². The third-order valence-corrected chi connectivity index (χ3v) is 3.07. The Labute approximate surface area is 125 Å². The van der Waals surface area contributed by atoms with Crippen molar-refractivity contribution in [1.82, 2.24) is 4.90 Å². The lowest BCUT2D eigenvalue weighted by molar-refractivity contribution is -0.0000339. The van der Waals surface area contributed by atoms with Crippen molar-refractivity contribution in [3.8, 4) is 11.5 Å². The molecule has 0 bridgehead atoms. The van der Waals surface area contributed by atoms with Crippen LogP contribution < -0.4 is 21.9 Å². The number of aliphatic hydroxyl groups is 1. The molecule has 0 saturated carbocycles. The van der Waals surface area contributed by atoms with E-state index in [-0.39, 0.29) is 12.4 Å². The van der Waals surface area contributed by atoms with Crippen LogP contribution in [0.2, 0.25) is 0 Å². The van der Waals surface area contributed by atoms with Crippen LogP contribution >= 0.6 is 0 Å². The lowest BCUT2D eigenvalue weighted by atomic mass is 10.3. The van der Waals surface area contributed by atoms with Crippen molar-refractivity contribution in [2.24, 2.45) is 0 Å². The van der Waals surface area contributed by atoms with Crippen LogP contribution in [0.25, 0.3) is 0 Å². The third kappa shape index (κ3) is 5.54. The maximum atomic E-state index is 9.93. The largest absolute Gasteiger partial charge is 1.00 e. The number of halogens is 1. The Balaban J connectivity index is 0.00000200. The van der Waals surface area contributed by atoms with Crippen LogP contribution in [0.3, 0.4) is 0 Å². The zero-order valence-corrected chi connectivity index (χ0v) is 12.4. The van der Waals surface area contributed by atoms with Gasteiger partial charge in [-0.1, -0.05) is 0 Å². The van der Waals surface area contributed by atoms with Gasteiger partial charge in [-0.05, 0) is 24.3 Å². The van der Waals surface area contributed by atoms with E-state index < -0.39 is 6.10 Å². The minimum absolute atomic E-state index is 0. The Bertz CT molecular complexity index is 368. The topological polar surface area (TPSA) is 51.2 Å². The maximum absolute atomic E-state index is 9.93. The van der Waals surface area contributed by atoms with Crippen molar-refractivity contribution in [1.29, 1.82) is 0 Å². The van der Waals surface area contributed by atoms with Gasteiger partial charge in [0.15, 0.2) is 0 Å². The second kappa shape index (κ2) is 9.02. The Morgan fingerprint density at radius 1 is 1.20 bits per heavy atom. The van der Waals surface area contributed by atoms with Crippen LogP contribution in [0.5, 0.6) is 11.5 Å². The summed E-state index contributed by atoms with van der Waals surface area (Å²) in [7, 11) is 1.63. The molecule has 6 heteroatoms. The molecule has 5 nitrogen and oxygen atoms in total. The van der Waals surface area contributed by atoms with Crippen LogP contribution in [0, 0.1) is 0 Å². The molecule has 2 rings (SSSR count). The number of ether oxygens (including phenoxy) is 3. The summed E-state index contributed by atoms with van der Waals surface area (Å²) >= 11 is 0. The lowest BCUT2D eigenvalue weighted by Gasteiger charge is -2.28. The molecule has 0 radical (unpaired) electrons. The van der Waals surface area contributed by atoms with Crippen molar-refractivity contribution in [2.75, 3.05) is 46.6 Å². The number of rotatable bonds is 6. The number of methoxy groups -OCH3 is 1. The Morgan fingerprint density at radius 3 is 2.40 bits per heavy atom. The van der Waals surface area contributed by atoms with Gasteiger partial charge in [0, 0.05) is 19.6 Å². The quantitative estimate of drug-likeness (QED) is 0.645. The molecule has 114 valence electrons. The van der Waals surface area contributed by atoms with E-state index in [2.05, 4.69) is 4.90 Å². The van der Waals surface area contributed by atoms with Gasteiger partial charge < -0.3 is 31.7 Å². The minimum atomic E-state index is -0.486. The molecule has 1 atom stereocenters. The van der Waals surface area contributed by atoms with Crippen LogP contribution in [-0.4, -0.2) is 62.7 Å². The first-order chi connectivity index (χ1) is 9.28. The summed E-state index contributed by atoms with van der Waals surface area (Å²) < 4.78 is 15.9. The number of nitrogens with zero attached hydrogens (tertiary/aromatic N) is 1. The monoisotopic (exact) mass is 302 g/mol. The van der Waals surface area contributed by atoms with E-state index in [1.54, 1.807) is 7.11 Å². The molecule has 1 heterocycles. The van der Waals surface area contributed by atoms with Crippen LogP contribution in [0.15, 0.2) is 24.3 Å². The molecule has 1 N–H and O–H groups in total. The molecule has 1 fully saturated rings. The molecule has 0 aromatic heterocycles. The van der Waals surface area contributed by atoms with Gasteiger partial charge in [0.1, 0.15) is 24.2 Å². The summed E-state index contributed by atoms with van der Waals surface area (Å²) in [6.07, 6.45) is -0.486. The summed E-state index contributed by atoms with van der Waals surface area (Å²) in [5, 5.41) is 9.93. The number of β-amino-alcohol motifs (C(OH)–C–C–N with tert-alkyl or cyclic N) is 1. The lowest BCUT2D eigenvalue weighted by Crippen LogP contribution is -3.00. The number of hydrogen-bond donors (Lipinski definition) is 1. The maximum Gasteiger partial charge on any atom is 0.119 e. The molecule has 1 aromatic rings. The Morgan fingerprint density at radius 2 is 1.80 bits per heavy atom. The van der Waals surface area contributed by atoms with Gasteiger partial charge in [0.2, 0.25) is 0 Å². The van der Waals surface area contributed by atoms with E-state index in [4.69, 9.17) is 14.2 Å². The zero-order chi connectivity index (χ0) is 13.5. The van der Waals surface area contributed by atoms with Gasteiger partial charge in [0.25, 0.3) is 0 Å². The van der Waals surface area contributed by atoms with E-state index >= 15 is 0 Å². The summed E-state index contributed by atoms with van der Waals surface area (Å²) in [6, 6.07) is 7.34. The second-order valence-corrected chi connectivity index (χ2v) is 4.55. The number of hydrogen-bond acceptors (Lipinski definition) is 5. The average Bonchev–Trinajstić information content (AvgIpc) is 2.47. The third-order valence-electron chi connectivity index (χ3n) is 3.07. The van der Waals surface area contributed by atoms with Crippen LogP contribution in [0.4, 0.5) is 0 Å². The molecular formula is C14H21ClNO4-. The fourth-order valence-corrected chi connectivity index (χ4v) is 2.00. The van der Waals surface area contributed by atoms with Crippen molar-refractivity contribution >= 4 is 0 Å². The number of benzene rings is 1. The second-order valence-electron chi connectivity index (χ2n) is 4.55. The van der Waals surface area contributed by atoms with E-state index in [1.165, 1.54) is 0 Å². The highest BCUT2D eigenvalue weighted by molar-refractivity contribution is 5.31. The molecule has 0 spiro atoms.